The third-order valence-corrected chi connectivity index (χ3v) is 3.21. The van der Waals surface area contributed by atoms with Crippen LogP contribution < -0.4 is 10.5 Å². The zero-order valence-electron chi connectivity index (χ0n) is 12.6. The second kappa shape index (κ2) is 8.59. The molecule has 2 unspecified atom stereocenters. The average Bonchev–Trinajstić information content (AvgIpc) is 2.44. The highest BCUT2D eigenvalue weighted by atomic mass is 16.5. The van der Waals surface area contributed by atoms with Gasteiger partial charge in [0.1, 0.15) is 12.4 Å². The molecule has 1 rings (SSSR count). The molecule has 0 aliphatic rings. The molecule has 0 radical (unpaired) electrons. The largest absolute Gasteiger partial charge is 0.497 e. The van der Waals surface area contributed by atoms with Gasteiger partial charge >= 0.3 is 5.97 Å². The first-order valence-corrected chi connectivity index (χ1v) is 7.08. The monoisotopic (exact) mass is 279 g/mol. The number of ether oxygens (including phenoxy) is 2. The maximum atomic E-state index is 11.9. The lowest BCUT2D eigenvalue weighted by atomic mass is 10.0. The smallest absolute Gasteiger partial charge is 0.308 e. The minimum absolute atomic E-state index is 0.0839. The van der Waals surface area contributed by atoms with Crippen molar-refractivity contribution < 1.29 is 14.3 Å². The lowest BCUT2D eigenvalue weighted by Gasteiger charge is -2.12. The first kappa shape index (κ1) is 16.5. The normalized spacial score (nSPS) is 13.6. The fourth-order valence-electron chi connectivity index (χ4n) is 1.92. The lowest BCUT2D eigenvalue weighted by molar-refractivity contribution is -0.149. The van der Waals surface area contributed by atoms with Gasteiger partial charge in [0.15, 0.2) is 0 Å². The van der Waals surface area contributed by atoms with E-state index in [9.17, 15) is 4.79 Å². The van der Waals surface area contributed by atoms with Crippen molar-refractivity contribution in [3.63, 3.8) is 0 Å². The Bertz CT molecular complexity index is 418. The molecule has 0 aliphatic heterocycles. The summed E-state index contributed by atoms with van der Waals surface area (Å²) in [4.78, 5) is 11.9. The molecule has 0 amide bonds. The molecule has 0 fully saturated rings. The Balaban J connectivity index is 2.34. The standard InChI is InChI=1S/C16H25NO3/c1-12(6-4-7-13(2)17)16(18)20-11-14-8-5-9-15(10-14)19-3/h5,8-10,12-13H,4,6-7,11,17H2,1-3H3. The maximum Gasteiger partial charge on any atom is 0.308 e. The van der Waals surface area contributed by atoms with Crippen LogP contribution in [0.1, 0.15) is 38.7 Å². The summed E-state index contributed by atoms with van der Waals surface area (Å²) in [6.07, 6.45) is 2.71. The molecule has 112 valence electrons. The molecule has 0 aliphatic carbocycles. The van der Waals surface area contributed by atoms with Gasteiger partial charge in [-0.15, -0.1) is 0 Å². The van der Waals surface area contributed by atoms with Gasteiger partial charge in [0.25, 0.3) is 0 Å². The Labute approximate surface area is 121 Å². The summed E-state index contributed by atoms with van der Waals surface area (Å²) in [6.45, 7) is 4.16. The van der Waals surface area contributed by atoms with Crippen LogP contribution in [0.25, 0.3) is 0 Å². The first-order valence-electron chi connectivity index (χ1n) is 7.08. The summed E-state index contributed by atoms with van der Waals surface area (Å²) in [7, 11) is 1.62. The van der Waals surface area contributed by atoms with E-state index in [1.807, 2.05) is 38.1 Å². The highest BCUT2D eigenvalue weighted by molar-refractivity contribution is 5.71. The summed E-state index contributed by atoms with van der Waals surface area (Å²) in [5.74, 6) is 0.528. The Kier molecular flexibility index (Phi) is 7.09. The van der Waals surface area contributed by atoms with Crippen molar-refractivity contribution in [2.24, 2.45) is 11.7 Å². The minimum Gasteiger partial charge on any atom is -0.497 e. The summed E-state index contributed by atoms with van der Waals surface area (Å²) < 4.78 is 10.5. The van der Waals surface area contributed by atoms with Gasteiger partial charge in [-0.2, -0.15) is 0 Å². The number of hydrogen-bond acceptors (Lipinski definition) is 4. The number of benzene rings is 1. The predicted octanol–water partition coefficient (Wildman–Crippen LogP) is 2.89. The molecule has 20 heavy (non-hydrogen) atoms. The molecular formula is C16H25NO3. The van der Waals surface area contributed by atoms with Crippen LogP contribution in [-0.2, 0) is 16.1 Å². The fraction of sp³-hybridized carbons (Fsp3) is 0.562. The molecule has 0 saturated carbocycles. The number of nitrogens with two attached hydrogens (primary N) is 1. The molecule has 1 aromatic carbocycles. The molecule has 1 aromatic rings. The van der Waals surface area contributed by atoms with Gasteiger partial charge in [0.05, 0.1) is 13.0 Å². The Morgan fingerprint density at radius 1 is 1.30 bits per heavy atom. The highest BCUT2D eigenvalue weighted by Gasteiger charge is 2.14. The van der Waals surface area contributed by atoms with Crippen molar-refractivity contribution in [1.82, 2.24) is 0 Å². The van der Waals surface area contributed by atoms with Crippen LogP contribution in [0.3, 0.4) is 0 Å². The van der Waals surface area contributed by atoms with Crippen molar-refractivity contribution >= 4 is 5.97 Å². The van der Waals surface area contributed by atoms with Crippen LogP contribution in [-0.4, -0.2) is 19.1 Å². The predicted molar refractivity (Wildman–Crippen MR) is 79.5 cm³/mol. The van der Waals surface area contributed by atoms with Gasteiger partial charge in [-0.05, 0) is 37.5 Å². The third kappa shape index (κ3) is 6.06. The second-order valence-electron chi connectivity index (χ2n) is 5.27. The highest BCUT2D eigenvalue weighted by Crippen LogP contribution is 2.15. The Morgan fingerprint density at radius 3 is 2.70 bits per heavy atom. The zero-order chi connectivity index (χ0) is 15.0. The summed E-state index contributed by atoms with van der Waals surface area (Å²) in [5.41, 5.74) is 6.62. The first-order chi connectivity index (χ1) is 9.52. The van der Waals surface area contributed by atoms with E-state index in [0.717, 1.165) is 30.6 Å². The van der Waals surface area contributed by atoms with Crippen LogP contribution in [0.2, 0.25) is 0 Å². The molecule has 4 heteroatoms. The van der Waals surface area contributed by atoms with Crippen molar-refractivity contribution in [1.29, 1.82) is 0 Å². The molecular weight excluding hydrogens is 254 g/mol. The number of carbonyl (C=O) groups is 1. The van der Waals surface area contributed by atoms with Gasteiger partial charge in [-0.3, -0.25) is 4.79 Å². The molecule has 4 nitrogen and oxygen atoms in total. The van der Waals surface area contributed by atoms with E-state index in [1.165, 1.54) is 0 Å². The molecule has 0 aromatic heterocycles. The van der Waals surface area contributed by atoms with Crippen LogP contribution in [0.5, 0.6) is 5.75 Å². The second-order valence-corrected chi connectivity index (χ2v) is 5.27. The van der Waals surface area contributed by atoms with Gasteiger partial charge < -0.3 is 15.2 Å². The maximum absolute atomic E-state index is 11.9. The zero-order valence-corrected chi connectivity index (χ0v) is 12.6. The van der Waals surface area contributed by atoms with Crippen LogP contribution in [0.4, 0.5) is 0 Å². The van der Waals surface area contributed by atoms with Crippen molar-refractivity contribution in [3.05, 3.63) is 29.8 Å². The number of methoxy groups -OCH3 is 1. The van der Waals surface area contributed by atoms with Gasteiger partial charge in [-0.1, -0.05) is 25.5 Å². The Morgan fingerprint density at radius 2 is 2.05 bits per heavy atom. The molecule has 0 spiro atoms. The van der Waals surface area contributed by atoms with E-state index in [4.69, 9.17) is 15.2 Å². The van der Waals surface area contributed by atoms with Gasteiger partial charge in [0.2, 0.25) is 0 Å². The van der Waals surface area contributed by atoms with Gasteiger partial charge in [-0.25, -0.2) is 0 Å². The number of hydrogen-bond donors (Lipinski definition) is 1. The molecule has 2 atom stereocenters. The minimum atomic E-state index is -0.155. The molecule has 2 N–H and O–H groups in total. The van der Waals surface area contributed by atoms with Crippen LogP contribution in [0.15, 0.2) is 24.3 Å². The average molecular weight is 279 g/mol. The number of esters is 1. The third-order valence-electron chi connectivity index (χ3n) is 3.21. The Hall–Kier alpha value is -1.55. The SMILES string of the molecule is COc1cccc(COC(=O)C(C)CCCC(C)N)c1. The molecule has 0 bridgehead atoms. The summed E-state index contributed by atoms with van der Waals surface area (Å²) in [5, 5.41) is 0. The van der Waals surface area contributed by atoms with E-state index >= 15 is 0 Å². The van der Waals surface area contributed by atoms with Gasteiger partial charge in [0, 0.05) is 6.04 Å². The molecule has 0 saturated heterocycles. The number of carbonyl (C=O) groups excluding carboxylic acids is 1. The topological polar surface area (TPSA) is 61.5 Å². The summed E-state index contributed by atoms with van der Waals surface area (Å²) in [6, 6.07) is 7.72. The number of rotatable bonds is 8. The van der Waals surface area contributed by atoms with E-state index < -0.39 is 0 Å². The van der Waals surface area contributed by atoms with E-state index in [0.29, 0.717) is 0 Å². The quantitative estimate of drug-likeness (QED) is 0.743. The van der Waals surface area contributed by atoms with E-state index in [-0.39, 0.29) is 24.5 Å². The van der Waals surface area contributed by atoms with Crippen molar-refractivity contribution in [2.75, 3.05) is 7.11 Å². The van der Waals surface area contributed by atoms with E-state index in [1.54, 1.807) is 7.11 Å². The lowest BCUT2D eigenvalue weighted by Crippen LogP contribution is -2.17. The van der Waals surface area contributed by atoms with Crippen molar-refractivity contribution in [2.45, 2.75) is 45.8 Å². The van der Waals surface area contributed by atoms with E-state index in [2.05, 4.69) is 0 Å². The van der Waals surface area contributed by atoms with Crippen molar-refractivity contribution in [3.8, 4) is 5.75 Å². The van der Waals surface area contributed by atoms with Crippen LogP contribution in [0, 0.1) is 5.92 Å². The fourth-order valence-corrected chi connectivity index (χ4v) is 1.92. The summed E-state index contributed by atoms with van der Waals surface area (Å²) >= 11 is 0. The molecule has 0 heterocycles. The van der Waals surface area contributed by atoms with Crippen LogP contribution >= 0.6 is 0 Å².